The van der Waals surface area contributed by atoms with Crippen molar-refractivity contribution in [2.24, 2.45) is 0 Å². The van der Waals surface area contributed by atoms with Crippen LogP contribution in [0, 0.1) is 0 Å². The van der Waals surface area contributed by atoms with Crippen molar-refractivity contribution in [2.45, 2.75) is 50.0 Å². The molecule has 1 saturated carbocycles. The lowest BCUT2D eigenvalue weighted by molar-refractivity contribution is -0.148. The fourth-order valence-corrected chi connectivity index (χ4v) is 4.29. The lowest BCUT2D eigenvalue weighted by Gasteiger charge is -2.43. The Morgan fingerprint density at radius 3 is 2.92 bits per heavy atom. The van der Waals surface area contributed by atoms with E-state index in [1.165, 1.54) is 5.56 Å². The van der Waals surface area contributed by atoms with Crippen molar-refractivity contribution in [2.75, 3.05) is 27.4 Å². The summed E-state index contributed by atoms with van der Waals surface area (Å²) in [6, 6.07) is 8.37. The smallest absolute Gasteiger partial charge is 0.329 e. The van der Waals surface area contributed by atoms with Gasteiger partial charge in [-0.05, 0) is 43.4 Å². The molecule has 0 radical (unpaired) electrons. The lowest BCUT2D eigenvalue weighted by atomic mass is 9.79. The molecular formula is C19H27NO5. The summed E-state index contributed by atoms with van der Waals surface area (Å²) in [4.78, 5) is 13.2. The van der Waals surface area contributed by atoms with E-state index in [1.807, 2.05) is 12.1 Å². The first-order chi connectivity index (χ1) is 12.1. The highest BCUT2D eigenvalue weighted by atomic mass is 16.5. The summed E-state index contributed by atoms with van der Waals surface area (Å²) in [5, 5.41) is 8.85. The topological polar surface area (TPSA) is 68.2 Å². The Morgan fingerprint density at radius 1 is 1.36 bits per heavy atom. The van der Waals surface area contributed by atoms with Gasteiger partial charge in [0.15, 0.2) is 0 Å². The molecule has 3 rings (SSSR count). The zero-order chi connectivity index (χ0) is 17.9. The van der Waals surface area contributed by atoms with Crippen LogP contribution >= 0.6 is 0 Å². The maximum atomic E-state index is 10.8. The van der Waals surface area contributed by atoms with Gasteiger partial charge in [-0.25, -0.2) is 4.79 Å². The van der Waals surface area contributed by atoms with Gasteiger partial charge in [-0.3, -0.25) is 4.90 Å². The van der Waals surface area contributed by atoms with Crippen molar-refractivity contribution < 1.29 is 24.1 Å². The SMILES string of the molecule is COc1cccc(CN2CC[C@@]3(OC)CC[C@H](OCC(=O)O)C[C@@H]23)c1. The first-order valence-corrected chi connectivity index (χ1v) is 8.82. The van der Waals surface area contributed by atoms with Gasteiger partial charge in [0, 0.05) is 26.2 Å². The Hall–Kier alpha value is -1.63. The van der Waals surface area contributed by atoms with E-state index in [1.54, 1.807) is 14.2 Å². The van der Waals surface area contributed by atoms with Crippen molar-refractivity contribution in [3.8, 4) is 5.75 Å². The van der Waals surface area contributed by atoms with Gasteiger partial charge < -0.3 is 19.3 Å². The molecule has 138 valence electrons. The standard InChI is InChI=1S/C19H27NO5/c1-23-15-5-3-4-14(10-15)12-20-9-8-19(24-2)7-6-16(11-17(19)20)25-13-18(21)22/h3-5,10,16-17H,6-9,11-13H2,1-2H3,(H,21,22)/t16-,17+,19-/m0/s1. The van der Waals surface area contributed by atoms with Crippen molar-refractivity contribution in [1.82, 2.24) is 4.90 Å². The number of fused-ring (bicyclic) bond motifs is 1. The number of likely N-dealkylation sites (tertiary alicyclic amines) is 1. The summed E-state index contributed by atoms with van der Waals surface area (Å²) in [7, 11) is 3.47. The monoisotopic (exact) mass is 349 g/mol. The first kappa shape index (κ1) is 18.2. The Labute approximate surface area is 148 Å². The minimum absolute atomic E-state index is 0.0183. The maximum absolute atomic E-state index is 10.8. The molecule has 0 bridgehead atoms. The normalized spacial score (nSPS) is 29.4. The molecule has 1 aliphatic heterocycles. The highest BCUT2D eigenvalue weighted by Crippen LogP contribution is 2.43. The Kier molecular flexibility index (Phi) is 5.61. The second-order valence-electron chi connectivity index (χ2n) is 6.96. The van der Waals surface area contributed by atoms with Crippen molar-refractivity contribution in [1.29, 1.82) is 0 Å². The fourth-order valence-electron chi connectivity index (χ4n) is 4.29. The minimum atomic E-state index is -0.914. The third-order valence-corrected chi connectivity index (χ3v) is 5.61. The lowest BCUT2D eigenvalue weighted by Crippen LogP contribution is -2.51. The van der Waals surface area contributed by atoms with Crippen LogP contribution < -0.4 is 4.74 Å². The highest BCUT2D eigenvalue weighted by Gasteiger charge is 2.51. The number of rotatable bonds is 7. The molecule has 25 heavy (non-hydrogen) atoms. The van der Waals surface area contributed by atoms with E-state index in [0.29, 0.717) is 0 Å². The molecule has 0 unspecified atom stereocenters. The molecule has 0 amide bonds. The van der Waals surface area contributed by atoms with Crippen molar-refractivity contribution in [3.05, 3.63) is 29.8 Å². The Morgan fingerprint density at radius 2 is 2.20 bits per heavy atom. The zero-order valence-corrected chi connectivity index (χ0v) is 14.9. The molecule has 1 aliphatic carbocycles. The van der Waals surface area contributed by atoms with Crippen molar-refractivity contribution in [3.63, 3.8) is 0 Å². The van der Waals surface area contributed by atoms with Gasteiger partial charge in [0.25, 0.3) is 0 Å². The summed E-state index contributed by atoms with van der Waals surface area (Å²) >= 11 is 0. The van der Waals surface area contributed by atoms with Gasteiger partial charge in [0.05, 0.1) is 18.8 Å². The molecule has 2 fully saturated rings. The molecule has 1 heterocycles. The molecule has 1 N–H and O–H groups in total. The predicted molar refractivity (Wildman–Crippen MR) is 92.8 cm³/mol. The number of hydrogen-bond donors (Lipinski definition) is 1. The van der Waals surface area contributed by atoms with E-state index in [2.05, 4.69) is 17.0 Å². The van der Waals surface area contributed by atoms with Crippen molar-refractivity contribution >= 4 is 5.97 Å². The number of carboxylic acid groups (broad SMARTS) is 1. The number of carboxylic acids is 1. The average molecular weight is 349 g/mol. The van der Waals surface area contributed by atoms with E-state index in [4.69, 9.17) is 19.3 Å². The van der Waals surface area contributed by atoms with Gasteiger partial charge in [-0.15, -0.1) is 0 Å². The van der Waals surface area contributed by atoms with Crippen LogP contribution in [0.1, 0.15) is 31.2 Å². The Balaban J connectivity index is 1.70. The van der Waals surface area contributed by atoms with Crippen LogP contribution in [-0.4, -0.2) is 61.1 Å². The molecule has 2 aliphatic rings. The van der Waals surface area contributed by atoms with Crippen LogP contribution in [0.2, 0.25) is 0 Å². The van der Waals surface area contributed by atoms with Crippen LogP contribution in [0.3, 0.4) is 0 Å². The summed E-state index contributed by atoms with van der Waals surface area (Å²) < 4.78 is 16.8. The van der Waals surface area contributed by atoms with E-state index < -0.39 is 5.97 Å². The number of hydrogen-bond acceptors (Lipinski definition) is 5. The van der Waals surface area contributed by atoms with Crippen LogP contribution in [0.15, 0.2) is 24.3 Å². The molecule has 3 atom stereocenters. The zero-order valence-electron chi connectivity index (χ0n) is 14.9. The van der Waals surface area contributed by atoms with E-state index in [-0.39, 0.29) is 24.4 Å². The number of carbonyl (C=O) groups is 1. The predicted octanol–water partition coefficient (Wildman–Crippen LogP) is 2.31. The third kappa shape index (κ3) is 3.97. The molecule has 1 aromatic carbocycles. The molecule has 6 nitrogen and oxygen atoms in total. The van der Waals surface area contributed by atoms with Crippen LogP contribution in [0.5, 0.6) is 5.75 Å². The highest BCUT2D eigenvalue weighted by molar-refractivity contribution is 5.68. The minimum Gasteiger partial charge on any atom is -0.497 e. The molecule has 0 spiro atoms. The van der Waals surface area contributed by atoms with Gasteiger partial charge in [-0.1, -0.05) is 12.1 Å². The van der Waals surface area contributed by atoms with Gasteiger partial charge in [0.2, 0.25) is 0 Å². The molecular weight excluding hydrogens is 322 g/mol. The van der Waals surface area contributed by atoms with Crippen LogP contribution in [-0.2, 0) is 20.8 Å². The number of nitrogens with zero attached hydrogens (tertiary/aromatic N) is 1. The third-order valence-electron chi connectivity index (χ3n) is 5.61. The van der Waals surface area contributed by atoms with E-state index in [0.717, 1.165) is 44.5 Å². The van der Waals surface area contributed by atoms with Gasteiger partial charge in [0.1, 0.15) is 12.4 Å². The molecule has 1 saturated heterocycles. The summed E-state index contributed by atoms with van der Waals surface area (Å²) in [6.07, 6.45) is 3.56. The fraction of sp³-hybridized carbons (Fsp3) is 0.632. The number of benzene rings is 1. The summed E-state index contributed by atoms with van der Waals surface area (Å²) in [5.41, 5.74) is 1.07. The van der Waals surface area contributed by atoms with E-state index in [9.17, 15) is 4.79 Å². The largest absolute Gasteiger partial charge is 0.497 e. The maximum Gasteiger partial charge on any atom is 0.329 e. The average Bonchev–Trinajstić information content (AvgIpc) is 2.98. The number of ether oxygens (including phenoxy) is 3. The second kappa shape index (κ2) is 7.72. The second-order valence-corrected chi connectivity index (χ2v) is 6.96. The Bertz CT molecular complexity index is 607. The number of methoxy groups -OCH3 is 2. The molecule has 6 heteroatoms. The quantitative estimate of drug-likeness (QED) is 0.815. The molecule has 1 aromatic rings. The van der Waals surface area contributed by atoms with Gasteiger partial charge >= 0.3 is 5.97 Å². The van der Waals surface area contributed by atoms with Crippen LogP contribution in [0.25, 0.3) is 0 Å². The molecule has 0 aromatic heterocycles. The summed E-state index contributed by atoms with van der Waals surface area (Å²) in [6.45, 7) is 1.58. The van der Waals surface area contributed by atoms with Gasteiger partial charge in [-0.2, -0.15) is 0 Å². The number of aliphatic carboxylic acids is 1. The van der Waals surface area contributed by atoms with Crippen LogP contribution in [0.4, 0.5) is 0 Å². The van der Waals surface area contributed by atoms with E-state index >= 15 is 0 Å². The summed E-state index contributed by atoms with van der Waals surface area (Å²) in [5.74, 6) is -0.0516. The first-order valence-electron chi connectivity index (χ1n) is 8.82.